The molecule has 0 aliphatic carbocycles. The summed E-state index contributed by atoms with van der Waals surface area (Å²) < 4.78 is 12.3. The van der Waals surface area contributed by atoms with Gasteiger partial charge in [0.25, 0.3) is 11.6 Å². The van der Waals surface area contributed by atoms with Crippen molar-refractivity contribution in [2.45, 2.75) is 6.92 Å². The lowest BCUT2D eigenvalue weighted by molar-refractivity contribution is 0.102. The van der Waals surface area contributed by atoms with Crippen molar-refractivity contribution in [3.8, 4) is 17.3 Å². The number of furan rings is 1. The molecule has 0 saturated heterocycles. The number of anilines is 1. The Morgan fingerprint density at radius 1 is 1.21 bits per heavy atom. The minimum absolute atomic E-state index is 0.272. The molecule has 0 saturated carbocycles. The number of carbonyl (C=O) groups is 1. The molecule has 0 aliphatic heterocycles. The van der Waals surface area contributed by atoms with Crippen molar-refractivity contribution in [3.63, 3.8) is 0 Å². The van der Waals surface area contributed by atoms with Crippen LogP contribution in [-0.4, -0.2) is 30.8 Å². The average Bonchev–Trinajstić information content (AvgIpc) is 3.50. The van der Waals surface area contributed by atoms with Gasteiger partial charge in [-0.2, -0.15) is 5.10 Å². The van der Waals surface area contributed by atoms with Crippen LogP contribution in [0, 0.1) is 6.92 Å². The molecule has 0 aromatic carbocycles. The molecule has 5 heterocycles. The van der Waals surface area contributed by atoms with Gasteiger partial charge in [0.1, 0.15) is 5.69 Å². The maximum atomic E-state index is 13.0. The van der Waals surface area contributed by atoms with E-state index in [0.29, 0.717) is 39.6 Å². The van der Waals surface area contributed by atoms with Gasteiger partial charge in [-0.15, -0.1) is 0 Å². The zero-order chi connectivity index (χ0) is 19.8. The SMILES string of the molecule is Cc1noc2nc(-c3ccco3)cc(C(=O)Nc3ccc(-n4cccn4)nc3)c12. The summed E-state index contributed by atoms with van der Waals surface area (Å²) in [5.41, 5.74) is 2.27. The van der Waals surface area contributed by atoms with Crippen LogP contribution in [0.4, 0.5) is 5.69 Å². The summed E-state index contributed by atoms with van der Waals surface area (Å²) in [6, 6.07) is 10.5. The van der Waals surface area contributed by atoms with Crippen LogP contribution in [-0.2, 0) is 0 Å². The number of carbonyl (C=O) groups excluding carboxylic acids is 1. The highest BCUT2D eigenvalue weighted by atomic mass is 16.5. The first-order chi connectivity index (χ1) is 14.2. The molecular weight excluding hydrogens is 372 g/mol. The van der Waals surface area contributed by atoms with Crippen LogP contribution in [0.25, 0.3) is 28.4 Å². The quantitative estimate of drug-likeness (QED) is 0.502. The Labute approximate surface area is 164 Å². The Morgan fingerprint density at radius 3 is 2.86 bits per heavy atom. The van der Waals surface area contributed by atoms with E-state index in [2.05, 4.69) is 25.5 Å². The van der Waals surface area contributed by atoms with Crippen LogP contribution < -0.4 is 5.32 Å². The molecule has 0 unspecified atom stereocenters. The molecule has 5 rings (SSSR count). The summed E-state index contributed by atoms with van der Waals surface area (Å²) in [7, 11) is 0. The zero-order valence-corrected chi connectivity index (χ0v) is 15.2. The van der Waals surface area contributed by atoms with E-state index in [1.54, 1.807) is 66.8 Å². The molecular formula is C20H14N6O3. The third-order valence-electron chi connectivity index (χ3n) is 4.38. The van der Waals surface area contributed by atoms with E-state index in [9.17, 15) is 4.79 Å². The average molecular weight is 386 g/mol. The van der Waals surface area contributed by atoms with Gasteiger partial charge in [-0.3, -0.25) is 4.79 Å². The van der Waals surface area contributed by atoms with Crippen LogP contribution in [0.3, 0.4) is 0 Å². The summed E-state index contributed by atoms with van der Waals surface area (Å²) >= 11 is 0. The molecule has 0 atom stereocenters. The fraction of sp³-hybridized carbons (Fsp3) is 0.0500. The number of rotatable bonds is 4. The number of nitrogens with zero attached hydrogens (tertiary/aromatic N) is 5. The fourth-order valence-corrected chi connectivity index (χ4v) is 3.02. The molecule has 1 amide bonds. The minimum Gasteiger partial charge on any atom is -0.463 e. The third kappa shape index (κ3) is 3.04. The minimum atomic E-state index is -0.329. The number of aromatic nitrogens is 5. The van der Waals surface area contributed by atoms with Gasteiger partial charge in [0.2, 0.25) is 0 Å². The highest BCUT2D eigenvalue weighted by molar-refractivity contribution is 6.12. The van der Waals surface area contributed by atoms with E-state index in [4.69, 9.17) is 8.94 Å². The summed E-state index contributed by atoms with van der Waals surface area (Å²) in [4.78, 5) is 21.8. The highest BCUT2D eigenvalue weighted by Crippen LogP contribution is 2.28. The monoisotopic (exact) mass is 386 g/mol. The second kappa shape index (κ2) is 6.71. The van der Waals surface area contributed by atoms with Crippen molar-refractivity contribution in [2.24, 2.45) is 0 Å². The molecule has 5 aromatic rings. The van der Waals surface area contributed by atoms with E-state index in [0.717, 1.165) is 0 Å². The number of aryl methyl sites for hydroxylation is 1. The molecule has 0 fully saturated rings. The lowest BCUT2D eigenvalue weighted by atomic mass is 10.1. The van der Waals surface area contributed by atoms with Gasteiger partial charge in [0.05, 0.1) is 34.8 Å². The maximum Gasteiger partial charge on any atom is 0.259 e. The number of hydrogen-bond acceptors (Lipinski definition) is 7. The largest absolute Gasteiger partial charge is 0.463 e. The topological polar surface area (TPSA) is 112 Å². The lowest BCUT2D eigenvalue weighted by Crippen LogP contribution is -2.13. The Morgan fingerprint density at radius 2 is 2.14 bits per heavy atom. The second-order valence-electron chi connectivity index (χ2n) is 6.29. The summed E-state index contributed by atoms with van der Waals surface area (Å²) in [5, 5.41) is 11.5. The van der Waals surface area contributed by atoms with Crippen molar-refractivity contribution in [2.75, 3.05) is 5.32 Å². The highest BCUT2D eigenvalue weighted by Gasteiger charge is 2.20. The van der Waals surface area contributed by atoms with Gasteiger partial charge in [-0.05, 0) is 43.3 Å². The van der Waals surface area contributed by atoms with Crippen molar-refractivity contribution in [1.82, 2.24) is 24.9 Å². The van der Waals surface area contributed by atoms with Gasteiger partial charge in [0.15, 0.2) is 11.6 Å². The number of amides is 1. The van der Waals surface area contributed by atoms with Crippen LogP contribution in [0.15, 0.2) is 70.2 Å². The van der Waals surface area contributed by atoms with Gasteiger partial charge in [-0.1, -0.05) is 5.16 Å². The van der Waals surface area contributed by atoms with Gasteiger partial charge in [0, 0.05) is 12.4 Å². The van der Waals surface area contributed by atoms with Crippen molar-refractivity contribution in [1.29, 1.82) is 0 Å². The summed E-state index contributed by atoms with van der Waals surface area (Å²) in [5.74, 6) is 0.847. The Balaban J connectivity index is 1.50. The first kappa shape index (κ1) is 16.9. The van der Waals surface area contributed by atoms with Crippen molar-refractivity contribution < 1.29 is 13.7 Å². The Hall–Kier alpha value is -4.27. The van der Waals surface area contributed by atoms with E-state index < -0.39 is 0 Å². The molecule has 5 aromatic heterocycles. The summed E-state index contributed by atoms with van der Waals surface area (Å²) in [6.45, 7) is 1.76. The standard InChI is InChI=1S/C20H14N6O3/c1-12-18-14(10-15(16-4-2-9-28-16)24-20(18)29-25-12)19(27)23-13-5-6-17(21-11-13)26-8-3-7-22-26/h2-11H,1H3,(H,23,27). The van der Waals surface area contributed by atoms with E-state index in [1.807, 2.05) is 6.07 Å². The molecule has 29 heavy (non-hydrogen) atoms. The third-order valence-corrected chi connectivity index (χ3v) is 4.38. The first-order valence-corrected chi connectivity index (χ1v) is 8.77. The molecule has 0 radical (unpaired) electrons. The molecule has 0 bridgehead atoms. The molecule has 1 N–H and O–H groups in total. The fourth-order valence-electron chi connectivity index (χ4n) is 3.02. The van der Waals surface area contributed by atoms with Crippen molar-refractivity contribution >= 4 is 22.7 Å². The normalized spacial score (nSPS) is 11.1. The van der Waals surface area contributed by atoms with Gasteiger partial charge < -0.3 is 14.3 Å². The molecule has 142 valence electrons. The molecule has 0 spiro atoms. The van der Waals surface area contributed by atoms with Crippen LogP contribution >= 0.6 is 0 Å². The second-order valence-corrected chi connectivity index (χ2v) is 6.29. The van der Waals surface area contributed by atoms with E-state index >= 15 is 0 Å². The number of nitrogens with one attached hydrogen (secondary N) is 1. The first-order valence-electron chi connectivity index (χ1n) is 8.77. The Kier molecular flexibility index (Phi) is 3.91. The zero-order valence-electron chi connectivity index (χ0n) is 15.2. The predicted octanol–water partition coefficient (Wildman–Crippen LogP) is 3.62. The van der Waals surface area contributed by atoms with E-state index in [-0.39, 0.29) is 11.6 Å². The van der Waals surface area contributed by atoms with Gasteiger partial charge in [-0.25, -0.2) is 14.6 Å². The molecule has 9 nitrogen and oxygen atoms in total. The summed E-state index contributed by atoms with van der Waals surface area (Å²) in [6.07, 6.45) is 6.57. The predicted molar refractivity (Wildman–Crippen MR) is 104 cm³/mol. The number of pyridine rings is 2. The smallest absolute Gasteiger partial charge is 0.259 e. The van der Waals surface area contributed by atoms with Crippen molar-refractivity contribution in [3.05, 3.63) is 72.5 Å². The van der Waals surface area contributed by atoms with Gasteiger partial charge >= 0.3 is 0 Å². The van der Waals surface area contributed by atoms with Crippen LogP contribution in [0.1, 0.15) is 16.1 Å². The number of hydrogen-bond donors (Lipinski definition) is 1. The Bertz CT molecular complexity index is 1290. The van der Waals surface area contributed by atoms with E-state index in [1.165, 1.54) is 0 Å². The van der Waals surface area contributed by atoms with Crippen LogP contribution in [0.5, 0.6) is 0 Å². The number of fused-ring (bicyclic) bond motifs is 1. The van der Waals surface area contributed by atoms with Crippen LogP contribution in [0.2, 0.25) is 0 Å². The molecule has 0 aliphatic rings. The molecule has 9 heteroatoms. The lowest BCUT2D eigenvalue weighted by Gasteiger charge is -2.08. The maximum absolute atomic E-state index is 13.0.